The first-order chi connectivity index (χ1) is 9.88. The third kappa shape index (κ3) is 7.67. The second kappa shape index (κ2) is 11.9. The maximum absolute atomic E-state index is 4.32. The van der Waals surface area contributed by atoms with Crippen LogP contribution in [0.25, 0.3) is 0 Å². The zero-order valence-corrected chi connectivity index (χ0v) is 13.7. The summed E-state index contributed by atoms with van der Waals surface area (Å²) in [7, 11) is 0. The van der Waals surface area contributed by atoms with E-state index in [2.05, 4.69) is 31.1 Å². The molecule has 1 aromatic rings. The monoisotopic (exact) mass is 275 g/mol. The van der Waals surface area contributed by atoms with E-state index in [-0.39, 0.29) is 0 Å². The normalized spacial score (nSPS) is 10.9. The van der Waals surface area contributed by atoms with E-state index in [9.17, 15) is 0 Å². The van der Waals surface area contributed by atoms with E-state index in [1.807, 2.05) is 6.20 Å². The first kappa shape index (κ1) is 17.2. The Bertz CT molecular complexity index is 299. The van der Waals surface area contributed by atoms with Crippen molar-refractivity contribution in [1.29, 1.82) is 0 Å². The molecule has 0 aliphatic heterocycles. The standard InChI is InChI=1S/C19H33N/c1-3-5-7-9-11-13-18-15-16-20-17-19(18)14-12-10-8-6-4-2/h15-17H,3-14H2,1-2H3. The van der Waals surface area contributed by atoms with Gasteiger partial charge >= 0.3 is 0 Å². The predicted molar refractivity (Wildman–Crippen MR) is 89.2 cm³/mol. The predicted octanol–water partition coefficient (Wildman–Crippen LogP) is 6.11. The van der Waals surface area contributed by atoms with Gasteiger partial charge in [-0.05, 0) is 42.9 Å². The van der Waals surface area contributed by atoms with Crippen molar-refractivity contribution in [2.75, 3.05) is 0 Å². The van der Waals surface area contributed by atoms with Gasteiger partial charge in [-0.2, -0.15) is 0 Å². The van der Waals surface area contributed by atoms with Crippen LogP contribution < -0.4 is 0 Å². The molecule has 1 nitrogen and oxygen atoms in total. The Morgan fingerprint density at radius 2 is 1.25 bits per heavy atom. The van der Waals surface area contributed by atoms with Crippen molar-refractivity contribution in [2.24, 2.45) is 0 Å². The number of nitrogens with zero attached hydrogens (tertiary/aromatic N) is 1. The first-order valence-electron chi connectivity index (χ1n) is 8.80. The molecule has 0 radical (unpaired) electrons. The Labute approximate surface area is 126 Å². The lowest BCUT2D eigenvalue weighted by Crippen LogP contribution is -1.96. The summed E-state index contributed by atoms with van der Waals surface area (Å²) in [6.45, 7) is 4.55. The topological polar surface area (TPSA) is 12.9 Å². The van der Waals surface area contributed by atoms with Crippen molar-refractivity contribution in [2.45, 2.75) is 90.9 Å². The minimum absolute atomic E-state index is 1.22. The van der Waals surface area contributed by atoms with Crippen LogP contribution in [0.1, 0.15) is 89.2 Å². The summed E-state index contributed by atoms with van der Waals surface area (Å²) in [6.07, 6.45) is 20.2. The van der Waals surface area contributed by atoms with Crippen molar-refractivity contribution in [3.63, 3.8) is 0 Å². The molecule has 0 saturated heterocycles. The fraction of sp³-hybridized carbons (Fsp3) is 0.737. The smallest absolute Gasteiger partial charge is 0.0302 e. The molecule has 0 aromatic carbocycles. The lowest BCUT2D eigenvalue weighted by Gasteiger charge is -2.09. The summed E-state index contributed by atoms with van der Waals surface area (Å²) >= 11 is 0. The molecule has 1 aromatic heterocycles. The van der Waals surface area contributed by atoms with E-state index >= 15 is 0 Å². The number of hydrogen-bond donors (Lipinski definition) is 0. The Morgan fingerprint density at radius 1 is 0.700 bits per heavy atom. The van der Waals surface area contributed by atoms with Crippen LogP contribution in [0.5, 0.6) is 0 Å². The van der Waals surface area contributed by atoms with Crippen LogP contribution in [-0.4, -0.2) is 4.98 Å². The van der Waals surface area contributed by atoms with Crippen LogP contribution in [0.4, 0.5) is 0 Å². The maximum Gasteiger partial charge on any atom is 0.0302 e. The molecule has 0 saturated carbocycles. The third-order valence-corrected chi connectivity index (χ3v) is 4.10. The number of rotatable bonds is 12. The molecule has 0 spiro atoms. The van der Waals surface area contributed by atoms with Crippen molar-refractivity contribution >= 4 is 0 Å². The van der Waals surface area contributed by atoms with E-state index in [1.54, 1.807) is 5.56 Å². The maximum atomic E-state index is 4.32. The number of aryl methyl sites for hydroxylation is 2. The quantitative estimate of drug-likeness (QED) is 0.419. The molecule has 1 heteroatoms. The molecule has 0 amide bonds. The van der Waals surface area contributed by atoms with Gasteiger partial charge in [0.25, 0.3) is 0 Å². The Morgan fingerprint density at radius 3 is 1.85 bits per heavy atom. The molecule has 0 aliphatic carbocycles. The third-order valence-electron chi connectivity index (χ3n) is 4.10. The molecule has 0 N–H and O–H groups in total. The minimum Gasteiger partial charge on any atom is -0.264 e. The van der Waals surface area contributed by atoms with Crippen molar-refractivity contribution in [3.05, 3.63) is 29.6 Å². The lowest BCUT2D eigenvalue weighted by atomic mass is 9.98. The van der Waals surface area contributed by atoms with Gasteiger partial charge in [-0.1, -0.05) is 65.2 Å². The molecule has 0 bridgehead atoms. The molecule has 0 fully saturated rings. The molecular weight excluding hydrogens is 242 g/mol. The van der Waals surface area contributed by atoms with Gasteiger partial charge in [-0.3, -0.25) is 4.98 Å². The van der Waals surface area contributed by atoms with Gasteiger partial charge in [0, 0.05) is 12.4 Å². The van der Waals surface area contributed by atoms with E-state index < -0.39 is 0 Å². The highest BCUT2D eigenvalue weighted by atomic mass is 14.6. The molecule has 1 heterocycles. The van der Waals surface area contributed by atoms with E-state index in [0.29, 0.717) is 0 Å². The number of hydrogen-bond acceptors (Lipinski definition) is 1. The Kier molecular flexibility index (Phi) is 10.3. The average Bonchev–Trinajstić information content (AvgIpc) is 2.48. The molecule has 1 rings (SSSR count). The summed E-state index contributed by atoms with van der Waals surface area (Å²) in [5.74, 6) is 0. The van der Waals surface area contributed by atoms with Gasteiger partial charge < -0.3 is 0 Å². The van der Waals surface area contributed by atoms with Crippen molar-refractivity contribution in [3.8, 4) is 0 Å². The van der Waals surface area contributed by atoms with E-state index in [1.165, 1.54) is 82.6 Å². The molecule has 20 heavy (non-hydrogen) atoms. The number of aromatic nitrogens is 1. The van der Waals surface area contributed by atoms with Gasteiger partial charge in [-0.25, -0.2) is 0 Å². The average molecular weight is 275 g/mol. The summed E-state index contributed by atoms with van der Waals surface area (Å²) < 4.78 is 0. The van der Waals surface area contributed by atoms with Crippen LogP contribution in [0.2, 0.25) is 0 Å². The summed E-state index contributed by atoms with van der Waals surface area (Å²) in [5, 5.41) is 0. The van der Waals surface area contributed by atoms with Crippen LogP contribution in [0.3, 0.4) is 0 Å². The molecule has 114 valence electrons. The largest absolute Gasteiger partial charge is 0.264 e. The first-order valence-corrected chi connectivity index (χ1v) is 8.80. The van der Waals surface area contributed by atoms with Crippen LogP contribution in [0.15, 0.2) is 18.5 Å². The number of pyridine rings is 1. The zero-order chi connectivity index (χ0) is 14.5. The molecule has 0 aliphatic rings. The van der Waals surface area contributed by atoms with Gasteiger partial charge in [-0.15, -0.1) is 0 Å². The van der Waals surface area contributed by atoms with Crippen LogP contribution in [-0.2, 0) is 12.8 Å². The summed E-state index contributed by atoms with van der Waals surface area (Å²) in [6, 6.07) is 2.24. The van der Waals surface area contributed by atoms with Crippen LogP contribution in [0, 0.1) is 0 Å². The Hall–Kier alpha value is -0.850. The minimum atomic E-state index is 1.22. The molecule has 0 unspecified atom stereocenters. The summed E-state index contributed by atoms with van der Waals surface area (Å²) in [5.41, 5.74) is 3.05. The van der Waals surface area contributed by atoms with E-state index in [0.717, 1.165) is 0 Å². The highest BCUT2D eigenvalue weighted by Crippen LogP contribution is 2.16. The second-order valence-electron chi connectivity index (χ2n) is 5.97. The molecular formula is C19H33N. The highest BCUT2D eigenvalue weighted by Gasteiger charge is 2.02. The summed E-state index contributed by atoms with van der Waals surface area (Å²) in [4.78, 5) is 4.32. The van der Waals surface area contributed by atoms with Gasteiger partial charge in [0.1, 0.15) is 0 Å². The Balaban J connectivity index is 2.27. The van der Waals surface area contributed by atoms with Gasteiger partial charge in [0.15, 0.2) is 0 Å². The van der Waals surface area contributed by atoms with Gasteiger partial charge in [0.2, 0.25) is 0 Å². The lowest BCUT2D eigenvalue weighted by molar-refractivity contribution is 0.620. The fourth-order valence-electron chi connectivity index (χ4n) is 2.76. The zero-order valence-electron chi connectivity index (χ0n) is 13.7. The van der Waals surface area contributed by atoms with Crippen molar-refractivity contribution in [1.82, 2.24) is 4.98 Å². The molecule has 0 atom stereocenters. The second-order valence-corrected chi connectivity index (χ2v) is 5.97. The SMILES string of the molecule is CCCCCCCc1ccncc1CCCCCCC. The van der Waals surface area contributed by atoms with E-state index in [4.69, 9.17) is 0 Å². The van der Waals surface area contributed by atoms with Crippen molar-refractivity contribution < 1.29 is 0 Å². The van der Waals surface area contributed by atoms with Crippen LogP contribution >= 0.6 is 0 Å². The van der Waals surface area contributed by atoms with Gasteiger partial charge in [0.05, 0.1) is 0 Å². The highest BCUT2D eigenvalue weighted by molar-refractivity contribution is 5.23. The fourth-order valence-corrected chi connectivity index (χ4v) is 2.76. The number of unbranched alkanes of at least 4 members (excludes halogenated alkanes) is 8.